The lowest BCUT2D eigenvalue weighted by atomic mass is 10.00. The number of rotatable bonds is 3. The van der Waals surface area contributed by atoms with Gasteiger partial charge in [0.1, 0.15) is 0 Å². The Morgan fingerprint density at radius 3 is 2.08 bits per heavy atom. The summed E-state index contributed by atoms with van der Waals surface area (Å²) in [5.74, 6) is 0.623. The third kappa shape index (κ3) is 2.54. The minimum Gasteiger partial charge on any atom is -0.140 e. The fraction of sp³-hybridized carbons (Fsp3) is 0.167. The summed E-state index contributed by atoms with van der Waals surface area (Å²) in [7, 11) is -0.221. The summed E-state index contributed by atoms with van der Waals surface area (Å²) in [5, 5.41) is 3.21. The van der Waals surface area contributed by atoms with Crippen molar-refractivity contribution in [3.8, 4) is 11.1 Å². The third-order valence-corrected chi connectivity index (χ3v) is 9.59. The minimum atomic E-state index is -0.221. The second-order valence-electron chi connectivity index (χ2n) is 7.10. The van der Waals surface area contributed by atoms with Crippen LogP contribution in [-0.4, -0.2) is 6.16 Å². The van der Waals surface area contributed by atoms with Crippen LogP contribution in [0.2, 0.25) is 0 Å². The first-order valence-electron chi connectivity index (χ1n) is 9.15. The molecule has 0 aliphatic carbocycles. The van der Waals surface area contributed by atoms with Crippen LogP contribution in [0.5, 0.6) is 0 Å². The average molecular weight is 372 g/mol. The van der Waals surface area contributed by atoms with E-state index < -0.39 is 0 Å². The highest BCUT2D eigenvalue weighted by Crippen LogP contribution is 2.71. The molecule has 2 aromatic carbocycles. The number of hydrogen-bond acceptors (Lipinski definition) is 1. The molecule has 26 heavy (non-hydrogen) atoms. The minimum absolute atomic E-state index is 0.221. The molecule has 1 aromatic heterocycles. The van der Waals surface area contributed by atoms with Crippen LogP contribution in [0.25, 0.3) is 21.8 Å². The van der Waals surface area contributed by atoms with E-state index in [1.807, 2.05) is 11.3 Å². The molecule has 2 heteroatoms. The summed E-state index contributed by atoms with van der Waals surface area (Å²) < 4.78 is 0. The number of hydrogen-bond donors (Lipinski definition) is 0. The lowest BCUT2D eigenvalue weighted by Crippen LogP contribution is -1.89. The fourth-order valence-corrected chi connectivity index (χ4v) is 8.52. The van der Waals surface area contributed by atoms with Crippen molar-refractivity contribution in [2.75, 3.05) is 6.16 Å². The highest BCUT2D eigenvalue weighted by molar-refractivity contribution is 7.79. The maximum Gasteiger partial charge on any atom is 0.0431 e. The number of aryl methyl sites for hydroxylation is 1. The van der Waals surface area contributed by atoms with Gasteiger partial charge in [-0.05, 0) is 55.2 Å². The second-order valence-corrected chi connectivity index (χ2v) is 10.5. The summed E-state index contributed by atoms with van der Waals surface area (Å²) in [6.45, 7) is 4.55. The van der Waals surface area contributed by atoms with Crippen molar-refractivity contribution in [2.45, 2.75) is 13.8 Å². The summed E-state index contributed by atoms with van der Waals surface area (Å²) in [4.78, 5) is 2.96. The van der Waals surface area contributed by atoms with Gasteiger partial charge in [-0.2, -0.15) is 0 Å². The molecule has 2 aliphatic heterocycles. The number of thiophene rings is 1. The lowest BCUT2D eigenvalue weighted by molar-refractivity contribution is 0.988. The molecule has 128 valence electrons. The molecule has 0 saturated heterocycles. The predicted molar refractivity (Wildman–Crippen MR) is 117 cm³/mol. The van der Waals surface area contributed by atoms with Crippen LogP contribution >= 0.6 is 19.3 Å². The molecule has 0 N–H and O–H groups in total. The summed E-state index contributed by atoms with van der Waals surface area (Å²) in [6.07, 6.45) is 6.37. The van der Waals surface area contributed by atoms with Crippen LogP contribution < -0.4 is 0 Å². The van der Waals surface area contributed by atoms with Crippen molar-refractivity contribution >= 4 is 29.9 Å². The van der Waals surface area contributed by atoms with E-state index in [-0.39, 0.29) is 7.92 Å². The molecule has 0 saturated carbocycles. The molecular weight excluding hydrogens is 351 g/mol. The summed E-state index contributed by atoms with van der Waals surface area (Å²) >= 11 is 1.99. The Kier molecular flexibility index (Phi) is 3.96. The van der Waals surface area contributed by atoms with Gasteiger partial charge in [-0.25, -0.2) is 0 Å². The molecule has 3 aromatic rings. The highest BCUT2D eigenvalue weighted by Gasteiger charge is 2.37. The van der Waals surface area contributed by atoms with Crippen LogP contribution in [0.4, 0.5) is 0 Å². The van der Waals surface area contributed by atoms with Crippen LogP contribution in [0.3, 0.4) is 0 Å². The van der Waals surface area contributed by atoms with Gasteiger partial charge in [-0.3, -0.25) is 0 Å². The molecule has 5 rings (SSSR count). The van der Waals surface area contributed by atoms with Gasteiger partial charge in [0.15, 0.2) is 0 Å². The molecule has 2 bridgehead atoms. The molecule has 2 aliphatic rings. The largest absolute Gasteiger partial charge is 0.140 e. The number of benzene rings is 2. The molecule has 0 amide bonds. The first-order valence-corrected chi connectivity index (χ1v) is 11.5. The van der Waals surface area contributed by atoms with Crippen molar-refractivity contribution in [3.05, 3.63) is 93.7 Å². The standard InChI is InChI=1S/C24H21PS/c1-16-17(2)26-24(23(16)20-11-7-4-8-12-20)22-14-18-13-21(25(22)15-18)19-9-5-3-6-10-19/h3-14,18H,15H2,1-2H3. The molecule has 3 heterocycles. The zero-order valence-electron chi connectivity index (χ0n) is 15.1. The van der Waals surface area contributed by atoms with Crippen molar-refractivity contribution in [1.82, 2.24) is 0 Å². The lowest BCUT2D eigenvalue weighted by Gasteiger charge is -2.19. The van der Waals surface area contributed by atoms with Gasteiger partial charge in [-0.1, -0.05) is 72.8 Å². The zero-order chi connectivity index (χ0) is 17.7. The molecule has 0 radical (unpaired) electrons. The predicted octanol–water partition coefficient (Wildman–Crippen LogP) is 7.54. The second kappa shape index (κ2) is 6.34. The molecule has 2 unspecified atom stereocenters. The Hall–Kier alpha value is -1.95. The van der Waals surface area contributed by atoms with Crippen LogP contribution in [0.1, 0.15) is 20.9 Å². The molecule has 2 atom stereocenters. The van der Waals surface area contributed by atoms with Crippen LogP contribution in [-0.2, 0) is 0 Å². The Morgan fingerprint density at radius 2 is 1.42 bits per heavy atom. The molecule has 0 fully saturated rings. The van der Waals surface area contributed by atoms with Gasteiger partial charge < -0.3 is 0 Å². The Labute approximate surface area is 160 Å². The maximum absolute atomic E-state index is 2.55. The SMILES string of the molecule is Cc1sc(C2=CC3C=C(c4ccccc4)P2C3)c(-c2ccccc2)c1C. The average Bonchev–Trinajstić information content (AvgIpc) is 3.37. The van der Waals surface area contributed by atoms with E-state index in [4.69, 9.17) is 0 Å². The van der Waals surface area contributed by atoms with E-state index in [9.17, 15) is 0 Å². The zero-order valence-corrected chi connectivity index (χ0v) is 16.8. The number of fused-ring (bicyclic) bond motifs is 2. The number of allylic oxidation sites excluding steroid dienone is 2. The monoisotopic (exact) mass is 372 g/mol. The first kappa shape index (κ1) is 16.2. The quantitative estimate of drug-likeness (QED) is 0.417. The van der Waals surface area contributed by atoms with E-state index >= 15 is 0 Å². The Bertz CT molecular complexity index is 1020. The van der Waals surface area contributed by atoms with Gasteiger partial charge in [0, 0.05) is 21.2 Å². The Morgan fingerprint density at radius 1 is 0.808 bits per heavy atom. The van der Waals surface area contributed by atoms with Crippen molar-refractivity contribution in [1.29, 1.82) is 0 Å². The van der Waals surface area contributed by atoms with E-state index in [0.29, 0.717) is 5.92 Å². The van der Waals surface area contributed by atoms with E-state index in [1.54, 1.807) is 10.6 Å². The van der Waals surface area contributed by atoms with Crippen molar-refractivity contribution in [2.24, 2.45) is 5.92 Å². The van der Waals surface area contributed by atoms with E-state index in [2.05, 4.69) is 86.7 Å². The molecule has 0 nitrogen and oxygen atoms in total. The van der Waals surface area contributed by atoms with E-state index in [0.717, 1.165) is 0 Å². The molecule has 0 spiro atoms. The van der Waals surface area contributed by atoms with Gasteiger partial charge in [0.05, 0.1) is 0 Å². The van der Waals surface area contributed by atoms with Crippen LogP contribution in [0.15, 0.2) is 72.8 Å². The maximum atomic E-state index is 2.55. The summed E-state index contributed by atoms with van der Waals surface area (Å²) in [6, 6.07) is 21.9. The van der Waals surface area contributed by atoms with Gasteiger partial charge >= 0.3 is 0 Å². The van der Waals surface area contributed by atoms with E-state index in [1.165, 1.54) is 38.2 Å². The van der Waals surface area contributed by atoms with Gasteiger partial charge in [0.25, 0.3) is 0 Å². The smallest absolute Gasteiger partial charge is 0.0431 e. The van der Waals surface area contributed by atoms with Crippen molar-refractivity contribution < 1.29 is 0 Å². The van der Waals surface area contributed by atoms with Gasteiger partial charge in [0.2, 0.25) is 0 Å². The van der Waals surface area contributed by atoms with Crippen LogP contribution in [0, 0.1) is 19.8 Å². The third-order valence-electron chi connectivity index (χ3n) is 5.47. The molecular formula is C24H21PS. The van der Waals surface area contributed by atoms with Crippen molar-refractivity contribution in [3.63, 3.8) is 0 Å². The Balaban J connectivity index is 1.61. The first-order chi connectivity index (χ1) is 12.7. The normalized spacial score (nSPS) is 21.0. The van der Waals surface area contributed by atoms with Gasteiger partial charge in [-0.15, -0.1) is 11.3 Å². The topological polar surface area (TPSA) is 0 Å². The summed E-state index contributed by atoms with van der Waals surface area (Å²) in [5.41, 5.74) is 5.68. The highest BCUT2D eigenvalue weighted by atomic mass is 32.1. The fourth-order valence-electron chi connectivity index (χ4n) is 4.10.